The number of aryl methyl sites for hydroxylation is 1. The first-order chi connectivity index (χ1) is 10.1. The zero-order chi connectivity index (χ0) is 16.7. The molecule has 1 aromatic heterocycles. The molecular weight excluding hydrogens is 349 g/mol. The minimum atomic E-state index is -5.25. The summed E-state index contributed by atoms with van der Waals surface area (Å²) in [4.78, 5) is 36.2. The molecule has 0 aromatic carbocycles. The highest BCUT2D eigenvalue weighted by atomic mass is 31.2. The Morgan fingerprint density at radius 2 is 2.00 bits per heavy atom. The molecule has 0 unspecified atom stereocenters. The van der Waals surface area contributed by atoms with Gasteiger partial charge in [0.1, 0.15) is 24.1 Å². The van der Waals surface area contributed by atoms with Crippen molar-refractivity contribution in [3.05, 3.63) is 22.2 Å². The van der Waals surface area contributed by atoms with Gasteiger partial charge in [0.05, 0.1) is 14.4 Å². The van der Waals surface area contributed by atoms with E-state index in [2.05, 4.69) is 9.51 Å². The van der Waals surface area contributed by atoms with E-state index < -0.39 is 44.7 Å². The molecule has 0 bridgehead atoms. The van der Waals surface area contributed by atoms with Gasteiger partial charge in [-0.2, -0.15) is 4.98 Å². The average Bonchev–Trinajstić information content (AvgIpc) is 2.68. The van der Waals surface area contributed by atoms with Crippen LogP contribution in [0.4, 0.5) is 5.82 Å². The Labute approximate surface area is 136 Å². The van der Waals surface area contributed by atoms with Crippen molar-refractivity contribution >= 4 is 13.6 Å². The number of nitrogens with zero attached hydrogens (tertiary/aromatic N) is 2. The number of aliphatic hydroxyl groups excluding tert-OH is 2. The van der Waals surface area contributed by atoms with E-state index in [4.69, 9.17) is 10.5 Å². The van der Waals surface area contributed by atoms with Gasteiger partial charge < -0.3 is 51.9 Å². The minimum absolute atomic E-state index is 0. The highest BCUT2D eigenvalue weighted by Crippen LogP contribution is 2.32. The molecule has 2 heterocycles. The van der Waals surface area contributed by atoms with Crippen LogP contribution in [0.25, 0.3) is 0 Å². The fourth-order valence-electron chi connectivity index (χ4n) is 2.02. The van der Waals surface area contributed by atoms with Crippen LogP contribution in [0.3, 0.4) is 0 Å². The maximum Gasteiger partial charge on any atom is 0.351 e. The molecule has 2 rings (SSSR count). The predicted octanol–water partition coefficient (Wildman–Crippen LogP) is -2.65. The summed E-state index contributed by atoms with van der Waals surface area (Å²) in [7, 11) is -5.25. The fraction of sp³-hybridized carbons (Fsp3) is 0.600. The smallest absolute Gasteiger partial charge is 0.351 e. The van der Waals surface area contributed by atoms with Crippen molar-refractivity contribution < 1.29 is 33.8 Å². The lowest BCUT2D eigenvalue weighted by molar-refractivity contribution is -0.343. The van der Waals surface area contributed by atoms with E-state index in [1.807, 2.05) is 0 Å². The highest BCUT2D eigenvalue weighted by molar-refractivity contribution is 7.43. The number of anilines is 1. The zero-order valence-corrected chi connectivity index (χ0v) is 14.3. The number of aromatic nitrogens is 2. The monoisotopic (exact) mass is 371 g/mol. The minimum Gasteiger partial charge on any atom is -0.790 e. The van der Waals surface area contributed by atoms with Crippen LogP contribution in [0.2, 0.25) is 0 Å². The molecule has 1 aromatic rings. The number of ether oxygens (including phenoxy) is 1. The van der Waals surface area contributed by atoms with E-state index in [-0.39, 0.29) is 18.1 Å². The molecule has 0 spiro atoms. The van der Waals surface area contributed by atoms with Gasteiger partial charge in [0.15, 0.2) is 6.23 Å². The molecule has 0 amide bonds. The van der Waals surface area contributed by atoms with Gasteiger partial charge in [-0.1, -0.05) is 0 Å². The fourth-order valence-corrected chi connectivity index (χ4v) is 2.35. The predicted molar refractivity (Wildman–Crippen MR) is 79.1 cm³/mol. The Kier molecular flexibility index (Phi) is 7.64. The van der Waals surface area contributed by atoms with E-state index in [9.17, 15) is 29.4 Å². The Hall–Kier alpha value is -1.41. The van der Waals surface area contributed by atoms with Crippen LogP contribution < -0.4 is 33.5 Å². The molecule has 1 aliphatic heterocycles. The molecular formula is C10H22N5O8P. The van der Waals surface area contributed by atoms with E-state index in [1.54, 1.807) is 6.92 Å². The van der Waals surface area contributed by atoms with Crippen LogP contribution in [-0.4, -0.2) is 44.7 Å². The van der Waals surface area contributed by atoms with Crippen molar-refractivity contribution in [3.8, 4) is 0 Å². The number of phosphoric acid groups is 1. The summed E-state index contributed by atoms with van der Waals surface area (Å²) in [5, 5.41) is 19.7. The Morgan fingerprint density at radius 1 is 1.42 bits per heavy atom. The van der Waals surface area contributed by atoms with Gasteiger partial charge in [-0.3, -0.25) is 4.57 Å². The van der Waals surface area contributed by atoms with Gasteiger partial charge in [0.2, 0.25) is 0 Å². The van der Waals surface area contributed by atoms with Crippen LogP contribution in [-0.2, 0) is 13.8 Å². The first-order valence-electron chi connectivity index (χ1n) is 6.13. The van der Waals surface area contributed by atoms with Gasteiger partial charge in [-0.25, -0.2) is 4.79 Å². The summed E-state index contributed by atoms with van der Waals surface area (Å²) in [6, 6.07) is 0. The Bertz CT molecular complexity index is 663. The topological polar surface area (TPSA) is 256 Å². The van der Waals surface area contributed by atoms with Gasteiger partial charge in [0, 0.05) is 11.8 Å². The standard InChI is InChI=1S/C10H16N3O8P.2H3N/c1-4-2-13(10(16)12-8(4)11)9-7(15)6(14)5(21-9)3-20-22(17,18)19;;/h2,5-7,9,14-15H,3H2,1H3,(H2,11,12,16)(H2,17,18,19);2*1H3/t5-,6-,7-,9-;;/m1../s1. The van der Waals surface area contributed by atoms with E-state index in [1.165, 1.54) is 6.20 Å². The van der Waals surface area contributed by atoms with Gasteiger partial charge in [-0.15, -0.1) is 0 Å². The van der Waals surface area contributed by atoms with Crippen molar-refractivity contribution in [1.29, 1.82) is 0 Å². The molecule has 0 aliphatic carbocycles. The molecule has 24 heavy (non-hydrogen) atoms. The maximum atomic E-state index is 11.8. The highest BCUT2D eigenvalue weighted by Gasteiger charge is 2.44. The van der Waals surface area contributed by atoms with Crippen LogP contribution in [0.15, 0.2) is 11.0 Å². The second kappa shape index (κ2) is 8.11. The number of hydrogen-bond acceptors (Lipinski definition) is 10. The summed E-state index contributed by atoms with van der Waals surface area (Å²) in [6.45, 7) is 0.789. The van der Waals surface area contributed by atoms with Crippen LogP contribution in [0.1, 0.15) is 11.8 Å². The second-order valence-electron chi connectivity index (χ2n) is 4.79. The van der Waals surface area contributed by atoms with Gasteiger partial charge in [-0.05, 0) is 6.92 Å². The third kappa shape index (κ3) is 4.80. The quantitative estimate of drug-likeness (QED) is 0.343. The molecule has 12 N–H and O–H groups in total. The molecule has 4 atom stereocenters. The van der Waals surface area contributed by atoms with Crippen LogP contribution >= 0.6 is 7.82 Å². The molecule has 1 aliphatic rings. The van der Waals surface area contributed by atoms with Crippen LogP contribution in [0.5, 0.6) is 0 Å². The number of nitrogen functional groups attached to an aromatic ring is 1. The lowest BCUT2D eigenvalue weighted by Crippen LogP contribution is -2.36. The van der Waals surface area contributed by atoms with Crippen molar-refractivity contribution in [2.24, 2.45) is 0 Å². The second-order valence-corrected chi connectivity index (χ2v) is 5.94. The summed E-state index contributed by atoms with van der Waals surface area (Å²) in [5.41, 5.74) is 5.09. The third-order valence-corrected chi connectivity index (χ3v) is 3.65. The summed E-state index contributed by atoms with van der Waals surface area (Å²) >= 11 is 0. The van der Waals surface area contributed by atoms with E-state index in [0.29, 0.717) is 5.56 Å². The third-order valence-electron chi connectivity index (χ3n) is 3.18. The molecule has 1 fully saturated rings. The Morgan fingerprint density at radius 3 is 2.54 bits per heavy atom. The zero-order valence-electron chi connectivity index (χ0n) is 13.4. The molecule has 13 nitrogen and oxygen atoms in total. The molecule has 14 heteroatoms. The normalized spacial score (nSPS) is 26.5. The number of rotatable bonds is 4. The number of aliphatic hydroxyl groups is 2. The first kappa shape index (κ1) is 22.6. The summed E-state index contributed by atoms with van der Waals surface area (Å²) in [6.07, 6.45) is -4.45. The first-order valence-corrected chi connectivity index (χ1v) is 7.59. The largest absolute Gasteiger partial charge is 0.790 e. The van der Waals surface area contributed by atoms with Crippen molar-refractivity contribution in [1.82, 2.24) is 21.9 Å². The maximum absolute atomic E-state index is 11.8. The molecule has 1 saturated heterocycles. The Balaban J connectivity index is 0.00000264. The van der Waals surface area contributed by atoms with Crippen molar-refractivity contribution in [3.63, 3.8) is 0 Å². The van der Waals surface area contributed by atoms with Gasteiger partial charge >= 0.3 is 5.69 Å². The average molecular weight is 371 g/mol. The summed E-state index contributed by atoms with van der Waals surface area (Å²) in [5.74, 6) is 0.00724. The van der Waals surface area contributed by atoms with Crippen molar-refractivity contribution in [2.75, 3.05) is 12.3 Å². The van der Waals surface area contributed by atoms with E-state index in [0.717, 1.165) is 4.57 Å². The number of quaternary nitrogens is 2. The van der Waals surface area contributed by atoms with Gasteiger partial charge in [0.25, 0.3) is 0 Å². The number of hydrogen-bond donors (Lipinski definition) is 5. The van der Waals surface area contributed by atoms with E-state index >= 15 is 0 Å². The molecule has 140 valence electrons. The SMILES string of the molecule is Cc1cn([C@@H]2O[C@H](COP(=O)([O-])[O-])[C@@H](O)[C@H]2O)c(=O)nc1N.[NH4+].[NH4+]. The lowest BCUT2D eigenvalue weighted by atomic mass is 10.1. The van der Waals surface area contributed by atoms with Crippen molar-refractivity contribution in [2.45, 2.75) is 31.5 Å². The number of nitrogens with two attached hydrogens (primary N) is 1. The number of phosphoric ester groups is 1. The molecule has 0 radical (unpaired) electrons. The molecule has 0 saturated carbocycles. The lowest BCUT2D eigenvalue weighted by Gasteiger charge is -2.30. The summed E-state index contributed by atoms with van der Waals surface area (Å²) < 4.78 is 20.6. The van der Waals surface area contributed by atoms with Crippen LogP contribution in [0, 0.1) is 6.92 Å².